The zero-order chi connectivity index (χ0) is 17.1. The summed E-state index contributed by atoms with van der Waals surface area (Å²) in [7, 11) is 0. The molecule has 2 aromatic rings. The molecular weight excluding hydrogens is 302 g/mol. The smallest absolute Gasteiger partial charge is 0.276 e. The number of likely N-dealkylation sites (tertiary alicyclic amines) is 1. The molecule has 0 bridgehead atoms. The van der Waals surface area contributed by atoms with Gasteiger partial charge in [0.1, 0.15) is 5.76 Å². The Balaban J connectivity index is 1.68. The SMILES string of the molecule is CCN(C(=O)c1cc(C)on1)[C@H]1CCN([C@@H](C)c2ccccc2)C1. The predicted molar refractivity (Wildman–Crippen MR) is 92.8 cm³/mol. The van der Waals surface area contributed by atoms with Gasteiger partial charge in [-0.25, -0.2) is 0 Å². The lowest BCUT2D eigenvalue weighted by molar-refractivity contribution is 0.0678. The lowest BCUT2D eigenvalue weighted by atomic mass is 10.1. The van der Waals surface area contributed by atoms with Crippen LogP contribution in [0.15, 0.2) is 40.9 Å². The Morgan fingerprint density at radius 1 is 1.42 bits per heavy atom. The number of rotatable bonds is 5. The van der Waals surface area contributed by atoms with E-state index in [0.717, 1.165) is 19.5 Å². The first-order valence-electron chi connectivity index (χ1n) is 8.63. The molecule has 1 aromatic carbocycles. The van der Waals surface area contributed by atoms with E-state index in [2.05, 4.69) is 41.2 Å². The third-order valence-corrected chi connectivity index (χ3v) is 4.91. The van der Waals surface area contributed by atoms with Crippen LogP contribution in [0.4, 0.5) is 0 Å². The van der Waals surface area contributed by atoms with Crippen molar-refractivity contribution in [2.45, 2.75) is 39.3 Å². The van der Waals surface area contributed by atoms with Crippen molar-refractivity contribution in [3.05, 3.63) is 53.4 Å². The van der Waals surface area contributed by atoms with Gasteiger partial charge in [-0.1, -0.05) is 35.5 Å². The number of hydrogen-bond donors (Lipinski definition) is 0. The first kappa shape index (κ1) is 16.7. The number of aromatic nitrogens is 1. The Bertz CT molecular complexity index is 683. The minimum atomic E-state index is -0.0337. The molecule has 1 aliphatic rings. The Morgan fingerprint density at radius 3 is 2.79 bits per heavy atom. The number of carbonyl (C=O) groups excluding carboxylic acids is 1. The third kappa shape index (κ3) is 3.36. The molecule has 1 aliphatic heterocycles. The van der Waals surface area contributed by atoms with Crippen LogP contribution in [0.3, 0.4) is 0 Å². The summed E-state index contributed by atoms with van der Waals surface area (Å²) in [5.74, 6) is 0.633. The maximum absolute atomic E-state index is 12.7. The second-order valence-electron chi connectivity index (χ2n) is 6.44. The summed E-state index contributed by atoms with van der Waals surface area (Å²) in [6.07, 6.45) is 0.994. The fraction of sp³-hybridized carbons (Fsp3) is 0.474. The first-order valence-corrected chi connectivity index (χ1v) is 8.63. The third-order valence-electron chi connectivity index (χ3n) is 4.91. The molecule has 1 saturated heterocycles. The summed E-state index contributed by atoms with van der Waals surface area (Å²) in [5, 5.41) is 3.88. The van der Waals surface area contributed by atoms with Gasteiger partial charge in [0.2, 0.25) is 0 Å². The van der Waals surface area contributed by atoms with Gasteiger partial charge < -0.3 is 9.42 Å². The highest BCUT2D eigenvalue weighted by atomic mass is 16.5. The van der Waals surface area contributed by atoms with Crippen LogP contribution in [0.2, 0.25) is 0 Å². The van der Waals surface area contributed by atoms with E-state index < -0.39 is 0 Å². The maximum atomic E-state index is 12.7. The van der Waals surface area contributed by atoms with Gasteiger partial charge in [0.05, 0.1) is 0 Å². The van der Waals surface area contributed by atoms with Crippen LogP contribution in [-0.4, -0.2) is 46.5 Å². The summed E-state index contributed by atoms with van der Waals surface area (Å²) in [6.45, 7) is 8.64. The van der Waals surface area contributed by atoms with E-state index in [9.17, 15) is 4.79 Å². The molecule has 0 N–H and O–H groups in total. The van der Waals surface area contributed by atoms with Crippen molar-refractivity contribution in [2.24, 2.45) is 0 Å². The average Bonchev–Trinajstić information content (AvgIpc) is 3.25. The number of nitrogens with zero attached hydrogens (tertiary/aromatic N) is 3. The van der Waals surface area contributed by atoms with E-state index in [4.69, 9.17) is 4.52 Å². The molecule has 1 amide bonds. The van der Waals surface area contributed by atoms with E-state index in [1.165, 1.54) is 5.56 Å². The van der Waals surface area contributed by atoms with Crippen molar-refractivity contribution >= 4 is 5.91 Å². The largest absolute Gasteiger partial charge is 0.361 e. The monoisotopic (exact) mass is 327 g/mol. The van der Waals surface area contributed by atoms with Gasteiger partial charge in [-0.15, -0.1) is 0 Å². The zero-order valence-electron chi connectivity index (χ0n) is 14.6. The Hall–Kier alpha value is -2.14. The molecule has 2 atom stereocenters. The van der Waals surface area contributed by atoms with Crippen LogP contribution < -0.4 is 0 Å². The predicted octanol–water partition coefficient (Wildman–Crippen LogP) is 3.28. The molecule has 0 radical (unpaired) electrons. The van der Waals surface area contributed by atoms with Crippen molar-refractivity contribution in [1.29, 1.82) is 0 Å². The molecule has 1 fully saturated rings. The molecule has 2 heterocycles. The minimum Gasteiger partial charge on any atom is -0.361 e. The standard InChI is InChI=1S/C19H25N3O2/c1-4-22(19(23)18-12-14(2)24-20-18)17-10-11-21(13-17)15(3)16-8-6-5-7-9-16/h5-9,12,15,17H,4,10-11,13H2,1-3H3/t15-,17-/m0/s1. The number of hydrogen-bond acceptors (Lipinski definition) is 4. The Kier molecular flexibility index (Phi) is 5.00. The average molecular weight is 327 g/mol. The first-order chi connectivity index (χ1) is 11.6. The summed E-state index contributed by atoms with van der Waals surface area (Å²) in [5.41, 5.74) is 1.73. The number of carbonyl (C=O) groups is 1. The fourth-order valence-electron chi connectivity index (χ4n) is 3.50. The summed E-state index contributed by atoms with van der Waals surface area (Å²) in [6, 6.07) is 12.8. The van der Waals surface area contributed by atoms with Gasteiger partial charge in [-0.3, -0.25) is 9.69 Å². The minimum absolute atomic E-state index is 0.0337. The van der Waals surface area contributed by atoms with E-state index in [0.29, 0.717) is 24.0 Å². The van der Waals surface area contributed by atoms with Crippen LogP contribution >= 0.6 is 0 Å². The van der Waals surface area contributed by atoms with Gasteiger partial charge in [-0.05, 0) is 32.8 Å². The van der Waals surface area contributed by atoms with Gasteiger partial charge in [0.25, 0.3) is 5.91 Å². The quantitative estimate of drug-likeness (QED) is 0.845. The number of aryl methyl sites for hydroxylation is 1. The van der Waals surface area contributed by atoms with Crippen LogP contribution in [0.1, 0.15) is 48.1 Å². The van der Waals surface area contributed by atoms with Gasteiger partial charge in [-0.2, -0.15) is 0 Å². The van der Waals surface area contributed by atoms with E-state index in [1.807, 2.05) is 17.9 Å². The highest BCUT2D eigenvalue weighted by Gasteiger charge is 2.33. The van der Waals surface area contributed by atoms with E-state index in [1.54, 1.807) is 13.0 Å². The molecule has 0 saturated carbocycles. The normalized spacial score (nSPS) is 19.4. The van der Waals surface area contributed by atoms with Gasteiger partial charge >= 0.3 is 0 Å². The lowest BCUT2D eigenvalue weighted by Crippen LogP contribution is -2.42. The summed E-state index contributed by atoms with van der Waals surface area (Å²) >= 11 is 0. The second kappa shape index (κ2) is 7.18. The van der Waals surface area contributed by atoms with Crippen molar-refractivity contribution in [2.75, 3.05) is 19.6 Å². The highest BCUT2D eigenvalue weighted by Crippen LogP contribution is 2.27. The molecule has 5 nitrogen and oxygen atoms in total. The van der Waals surface area contributed by atoms with Crippen LogP contribution in [0.5, 0.6) is 0 Å². The van der Waals surface area contributed by atoms with Gasteiger partial charge in [0, 0.05) is 37.8 Å². The van der Waals surface area contributed by atoms with Gasteiger partial charge in [0.15, 0.2) is 5.69 Å². The highest BCUT2D eigenvalue weighted by molar-refractivity contribution is 5.92. The number of amides is 1. The summed E-state index contributed by atoms with van der Waals surface area (Å²) in [4.78, 5) is 17.1. The molecule has 128 valence electrons. The van der Waals surface area contributed by atoms with Crippen LogP contribution in [0, 0.1) is 6.92 Å². The number of benzene rings is 1. The van der Waals surface area contributed by atoms with E-state index >= 15 is 0 Å². The topological polar surface area (TPSA) is 49.6 Å². The van der Waals surface area contributed by atoms with Crippen LogP contribution in [-0.2, 0) is 0 Å². The van der Waals surface area contributed by atoms with Crippen molar-refractivity contribution in [3.8, 4) is 0 Å². The molecule has 3 rings (SSSR count). The van der Waals surface area contributed by atoms with Crippen molar-refractivity contribution in [3.63, 3.8) is 0 Å². The fourth-order valence-corrected chi connectivity index (χ4v) is 3.50. The zero-order valence-corrected chi connectivity index (χ0v) is 14.6. The van der Waals surface area contributed by atoms with Crippen molar-refractivity contribution < 1.29 is 9.32 Å². The summed E-state index contributed by atoms with van der Waals surface area (Å²) < 4.78 is 5.05. The maximum Gasteiger partial charge on any atom is 0.276 e. The Labute approximate surface area is 143 Å². The molecule has 5 heteroatoms. The molecular formula is C19H25N3O2. The van der Waals surface area contributed by atoms with E-state index in [-0.39, 0.29) is 11.9 Å². The van der Waals surface area contributed by atoms with Crippen molar-refractivity contribution in [1.82, 2.24) is 15.0 Å². The molecule has 0 unspecified atom stereocenters. The van der Waals surface area contributed by atoms with Crippen LogP contribution in [0.25, 0.3) is 0 Å². The Morgan fingerprint density at radius 2 is 2.17 bits per heavy atom. The second-order valence-corrected chi connectivity index (χ2v) is 6.44. The molecule has 0 aliphatic carbocycles. The molecule has 0 spiro atoms. The lowest BCUT2D eigenvalue weighted by Gasteiger charge is -2.29. The molecule has 1 aromatic heterocycles. The molecule has 24 heavy (non-hydrogen) atoms. The number of likely N-dealkylation sites (N-methyl/N-ethyl adjacent to an activating group) is 1.